The summed E-state index contributed by atoms with van der Waals surface area (Å²) >= 11 is 0. The number of hydrogen-bond donors (Lipinski definition) is 1. The fourth-order valence-corrected chi connectivity index (χ4v) is 1.99. The van der Waals surface area contributed by atoms with Crippen LogP contribution in [0.3, 0.4) is 0 Å². The number of nitro groups is 1. The van der Waals surface area contributed by atoms with Crippen LogP contribution in [0.15, 0.2) is 24.4 Å². The summed E-state index contributed by atoms with van der Waals surface area (Å²) in [5.41, 5.74) is 1.38. The van der Waals surface area contributed by atoms with E-state index in [1.54, 1.807) is 27.0 Å². The van der Waals surface area contributed by atoms with Gasteiger partial charge in [0.25, 0.3) is 11.6 Å². The second-order valence-corrected chi connectivity index (χ2v) is 5.17. The number of esters is 1. The number of ether oxygens (including phenoxy) is 1. The average Bonchev–Trinajstić information content (AvgIpc) is 2.86. The third-order valence-corrected chi connectivity index (χ3v) is 3.41. The molecule has 1 amide bonds. The summed E-state index contributed by atoms with van der Waals surface area (Å²) in [5.74, 6) is -1.36. The number of aromatic nitrogens is 2. The molecule has 0 aliphatic rings. The Morgan fingerprint density at radius 3 is 2.67 bits per heavy atom. The molecule has 126 valence electrons. The Bertz CT molecular complexity index is 812. The molecule has 1 aromatic carbocycles. The van der Waals surface area contributed by atoms with E-state index in [0.717, 1.165) is 0 Å². The Hall–Kier alpha value is -3.23. The lowest BCUT2D eigenvalue weighted by atomic mass is 10.2. The maximum absolute atomic E-state index is 11.9. The van der Waals surface area contributed by atoms with Gasteiger partial charge in [-0.3, -0.25) is 19.6 Å². The first-order valence-corrected chi connectivity index (χ1v) is 7.00. The normalized spacial score (nSPS) is 10.3. The minimum Gasteiger partial charge on any atom is -0.452 e. The van der Waals surface area contributed by atoms with Crippen molar-refractivity contribution in [1.29, 1.82) is 0 Å². The molecule has 0 saturated heterocycles. The number of carbonyl (C=O) groups is 2. The van der Waals surface area contributed by atoms with Crippen molar-refractivity contribution in [2.24, 2.45) is 7.05 Å². The molecule has 0 aliphatic heterocycles. The Morgan fingerprint density at radius 2 is 2.08 bits per heavy atom. The van der Waals surface area contributed by atoms with Crippen molar-refractivity contribution < 1.29 is 19.2 Å². The number of carbonyl (C=O) groups excluding carboxylic acids is 2. The van der Waals surface area contributed by atoms with E-state index in [-0.39, 0.29) is 16.9 Å². The van der Waals surface area contributed by atoms with Gasteiger partial charge >= 0.3 is 5.97 Å². The molecule has 0 aliphatic carbocycles. The quantitative estimate of drug-likeness (QED) is 0.506. The topological polar surface area (TPSA) is 116 Å². The summed E-state index contributed by atoms with van der Waals surface area (Å²) in [6.07, 6.45) is 1.35. The van der Waals surface area contributed by atoms with Crippen LogP contribution < -0.4 is 5.32 Å². The van der Waals surface area contributed by atoms with Gasteiger partial charge in [0.2, 0.25) is 0 Å². The third kappa shape index (κ3) is 3.75. The molecule has 24 heavy (non-hydrogen) atoms. The molecule has 0 unspecified atom stereocenters. The standard InChI is InChI=1S/C15H16N4O5/c1-9-4-5-12(13(6-9)19(22)23)17-14(20)8-24-15(21)11-7-16-18(3)10(11)2/h4-7H,8H2,1-3H3,(H,17,20). The molecule has 0 saturated carbocycles. The van der Waals surface area contributed by atoms with Crippen molar-refractivity contribution in [1.82, 2.24) is 9.78 Å². The highest BCUT2D eigenvalue weighted by atomic mass is 16.6. The Morgan fingerprint density at radius 1 is 1.38 bits per heavy atom. The third-order valence-electron chi connectivity index (χ3n) is 3.41. The van der Waals surface area contributed by atoms with E-state index >= 15 is 0 Å². The monoisotopic (exact) mass is 332 g/mol. The van der Waals surface area contributed by atoms with Gasteiger partial charge in [0.1, 0.15) is 11.3 Å². The van der Waals surface area contributed by atoms with Crippen molar-refractivity contribution in [3.8, 4) is 0 Å². The van der Waals surface area contributed by atoms with Crippen LogP contribution >= 0.6 is 0 Å². The number of nitrogens with zero attached hydrogens (tertiary/aromatic N) is 3. The average molecular weight is 332 g/mol. The number of amides is 1. The van der Waals surface area contributed by atoms with Crippen LogP contribution in [-0.2, 0) is 16.6 Å². The summed E-state index contributed by atoms with van der Waals surface area (Å²) in [4.78, 5) is 34.2. The lowest BCUT2D eigenvalue weighted by Crippen LogP contribution is -2.21. The predicted octanol–water partition coefficient (Wildman–Crippen LogP) is 1.74. The van der Waals surface area contributed by atoms with Gasteiger partial charge in [0.15, 0.2) is 6.61 Å². The number of nitro benzene ring substituents is 1. The van der Waals surface area contributed by atoms with Gasteiger partial charge in [-0.15, -0.1) is 0 Å². The lowest BCUT2D eigenvalue weighted by molar-refractivity contribution is -0.384. The summed E-state index contributed by atoms with van der Waals surface area (Å²) in [5, 5.41) is 17.3. The number of anilines is 1. The highest BCUT2D eigenvalue weighted by Gasteiger charge is 2.18. The van der Waals surface area contributed by atoms with Crippen LogP contribution in [-0.4, -0.2) is 33.2 Å². The molecule has 0 fully saturated rings. The zero-order chi connectivity index (χ0) is 17.9. The molecule has 1 N–H and O–H groups in total. The highest BCUT2D eigenvalue weighted by Crippen LogP contribution is 2.25. The first-order valence-electron chi connectivity index (χ1n) is 7.00. The largest absolute Gasteiger partial charge is 0.452 e. The first kappa shape index (κ1) is 17.1. The minimum atomic E-state index is -0.686. The second-order valence-electron chi connectivity index (χ2n) is 5.17. The van der Waals surface area contributed by atoms with Crippen LogP contribution in [0.2, 0.25) is 0 Å². The van der Waals surface area contributed by atoms with E-state index in [9.17, 15) is 19.7 Å². The van der Waals surface area contributed by atoms with E-state index in [0.29, 0.717) is 11.3 Å². The fourth-order valence-electron chi connectivity index (χ4n) is 1.99. The number of aryl methyl sites for hydroxylation is 2. The summed E-state index contributed by atoms with van der Waals surface area (Å²) < 4.78 is 6.41. The Balaban J connectivity index is 2.00. The first-order chi connectivity index (χ1) is 11.3. The lowest BCUT2D eigenvalue weighted by Gasteiger charge is -2.07. The number of benzene rings is 1. The SMILES string of the molecule is Cc1ccc(NC(=O)COC(=O)c2cnn(C)c2C)c([N+](=O)[O-])c1. The maximum atomic E-state index is 11.9. The predicted molar refractivity (Wildman–Crippen MR) is 84.7 cm³/mol. The molecule has 0 bridgehead atoms. The zero-order valence-electron chi connectivity index (χ0n) is 13.4. The Labute approximate surface area is 137 Å². The summed E-state index contributed by atoms with van der Waals surface area (Å²) in [6.45, 7) is 2.84. The summed E-state index contributed by atoms with van der Waals surface area (Å²) in [6, 6.07) is 4.41. The highest BCUT2D eigenvalue weighted by molar-refractivity contribution is 5.97. The van der Waals surface area contributed by atoms with Gasteiger partial charge < -0.3 is 10.1 Å². The number of rotatable bonds is 5. The van der Waals surface area contributed by atoms with Crippen LogP contribution in [0.5, 0.6) is 0 Å². The van der Waals surface area contributed by atoms with Crippen LogP contribution in [0.25, 0.3) is 0 Å². The molecule has 2 aromatic rings. The van der Waals surface area contributed by atoms with Gasteiger partial charge in [0, 0.05) is 18.8 Å². The van der Waals surface area contributed by atoms with Gasteiger partial charge in [-0.2, -0.15) is 5.10 Å². The van der Waals surface area contributed by atoms with Crippen LogP contribution in [0.1, 0.15) is 21.6 Å². The molecule has 0 atom stereocenters. The molecule has 1 heterocycles. The van der Waals surface area contributed by atoms with E-state index in [1.165, 1.54) is 23.0 Å². The number of hydrogen-bond acceptors (Lipinski definition) is 6. The van der Waals surface area contributed by atoms with E-state index < -0.39 is 23.4 Å². The van der Waals surface area contributed by atoms with Gasteiger partial charge in [0.05, 0.1) is 11.1 Å². The maximum Gasteiger partial charge on any atom is 0.342 e. The molecular formula is C15H16N4O5. The molecule has 9 nitrogen and oxygen atoms in total. The molecule has 9 heteroatoms. The van der Waals surface area contributed by atoms with Gasteiger partial charge in [-0.1, -0.05) is 6.07 Å². The smallest absolute Gasteiger partial charge is 0.342 e. The van der Waals surface area contributed by atoms with E-state index in [4.69, 9.17) is 4.74 Å². The molecule has 0 radical (unpaired) electrons. The van der Waals surface area contributed by atoms with Crippen molar-refractivity contribution >= 4 is 23.3 Å². The van der Waals surface area contributed by atoms with Crippen LogP contribution in [0.4, 0.5) is 11.4 Å². The summed E-state index contributed by atoms with van der Waals surface area (Å²) in [7, 11) is 1.68. The van der Waals surface area contributed by atoms with E-state index in [1.807, 2.05) is 0 Å². The number of nitrogens with one attached hydrogen (secondary N) is 1. The molecule has 0 spiro atoms. The minimum absolute atomic E-state index is 0.0456. The molecule has 2 rings (SSSR count). The van der Waals surface area contributed by atoms with Crippen molar-refractivity contribution in [2.45, 2.75) is 13.8 Å². The van der Waals surface area contributed by atoms with Crippen LogP contribution in [0, 0.1) is 24.0 Å². The van der Waals surface area contributed by atoms with Gasteiger partial charge in [-0.05, 0) is 25.5 Å². The zero-order valence-corrected chi connectivity index (χ0v) is 13.4. The fraction of sp³-hybridized carbons (Fsp3) is 0.267. The van der Waals surface area contributed by atoms with Crippen molar-refractivity contribution in [2.75, 3.05) is 11.9 Å². The molecular weight excluding hydrogens is 316 g/mol. The second kappa shape index (κ2) is 6.90. The van der Waals surface area contributed by atoms with Gasteiger partial charge in [-0.25, -0.2) is 4.79 Å². The van der Waals surface area contributed by atoms with Crippen molar-refractivity contribution in [3.63, 3.8) is 0 Å². The molecule has 1 aromatic heterocycles. The van der Waals surface area contributed by atoms with E-state index in [2.05, 4.69) is 10.4 Å². The van der Waals surface area contributed by atoms with Crippen molar-refractivity contribution in [3.05, 3.63) is 51.3 Å². The Kier molecular flexibility index (Phi) is 4.93.